The fraction of sp³-hybridized carbons (Fsp3) is 0.571. The third-order valence-electron chi connectivity index (χ3n) is 6.84. The second kappa shape index (κ2) is 10.9. The van der Waals surface area contributed by atoms with E-state index in [1.807, 2.05) is 67.2 Å². The second-order valence-corrected chi connectivity index (χ2v) is 12.3. The highest BCUT2D eigenvalue weighted by atomic mass is 35.5. The van der Waals surface area contributed by atoms with Crippen LogP contribution in [0.4, 0.5) is 15.0 Å². The van der Waals surface area contributed by atoms with Crippen molar-refractivity contribution in [3.63, 3.8) is 0 Å². The van der Waals surface area contributed by atoms with Crippen LogP contribution in [0.2, 0.25) is 5.15 Å². The Morgan fingerprint density at radius 1 is 1.05 bits per heavy atom. The molecule has 3 aromatic heterocycles. The number of amides is 1. The highest BCUT2D eigenvalue weighted by Gasteiger charge is 2.36. The molecule has 0 unspecified atom stereocenters. The van der Waals surface area contributed by atoms with E-state index in [-0.39, 0.29) is 40.5 Å². The minimum Gasteiger partial charge on any atom is -0.444 e. The van der Waals surface area contributed by atoms with Gasteiger partial charge in [0.25, 0.3) is 0 Å². The van der Waals surface area contributed by atoms with Gasteiger partial charge in [-0.1, -0.05) is 39.3 Å². The predicted molar refractivity (Wildman–Crippen MR) is 153 cm³/mol. The molecule has 0 bridgehead atoms. The molecule has 0 N–H and O–H groups in total. The van der Waals surface area contributed by atoms with Crippen molar-refractivity contribution in [2.75, 3.05) is 18.0 Å². The summed E-state index contributed by atoms with van der Waals surface area (Å²) in [4.78, 5) is 48.1. The monoisotopic (exact) mass is 573 g/mol. The molecule has 40 heavy (non-hydrogen) atoms. The Bertz CT molecular complexity index is 1480. The summed E-state index contributed by atoms with van der Waals surface area (Å²) in [5, 5.41) is -0.0393. The molecule has 4 heterocycles. The molecule has 1 aliphatic heterocycles. The summed E-state index contributed by atoms with van der Waals surface area (Å²) in [6, 6.07) is 0.734. The van der Waals surface area contributed by atoms with Gasteiger partial charge in [0.15, 0.2) is 16.6 Å². The van der Waals surface area contributed by atoms with Crippen molar-refractivity contribution >= 4 is 34.5 Å². The van der Waals surface area contributed by atoms with E-state index in [1.165, 1.54) is 17.0 Å². The van der Waals surface area contributed by atoms with Gasteiger partial charge >= 0.3 is 11.8 Å². The van der Waals surface area contributed by atoms with Crippen LogP contribution < -0.4 is 10.6 Å². The molecule has 0 aromatic carbocycles. The second-order valence-electron chi connectivity index (χ2n) is 12.0. The zero-order chi connectivity index (χ0) is 29.7. The first kappa shape index (κ1) is 29.6. The lowest BCUT2D eigenvalue weighted by Gasteiger charge is -2.44. The summed E-state index contributed by atoms with van der Waals surface area (Å²) >= 11 is 6.18. The summed E-state index contributed by atoms with van der Waals surface area (Å²) in [6.45, 7) is 17.8. The number of halogens is 2. The number of aromatic nitrogens is 5. The van der Waals surface area contributed by atoms with Crippen molar-refractivity contribution in [3.8, 4) is 5.69 Å². The van der Waals surface area contributed by atoms with E-state index in [0.29, 0.717) is 35.6 Å². The van der Waals surface area contributed by atoms with Crippen LogP contribution >= 0.6 is 11.6 Å². The van der Waals surface area contributed by atoms with E-state index in [9.17, 15) is 14.0 Å². The summed E-state index contributed by atoms with van der Waals surface area (Å²) in [5.41, 5.74) is 0.693. The Balaban J connectivity index is 1.91. The molecule has 0 saturated carbocycles. The number of rotatable bonds is 4. The van der Waals surface area contributed by atoms with Crippen LogP contribution in [0.1, 0.15) is 85.5 Å². The fourth-order valence-corrected chi connectivity index (χ4v) is 5.12. The van der Waals surface area contributed by atoms with Crippen molar-refractivity contribution in [2.45, 2.75) is 91.8 Å². The molecule has 10 nitrogen and oxygen atoms in total. The summed E-state index contributed by atoms with van der Waals surface area (Å²) in [6.07, 6.45) is 1.07. The lowest BCUT2D eigenvalue weighted by Crippen LogP contribution is -2.59. The highest BCUT2D eigenvalue weighted by molar-refractivity contribution is 6.30. The molecule has 12 heteroatoms. The Morgan fingerprint density at radius 3 is 2.20 bits per heavy atom. The van der Waals surface area contributed by atoms with Crippen LogP contribution in [0.25, 0.3) is 16.7 Å². The number of ether oxygens (including phenoxy) is 1. The van der Waals surface area contributed by atoms with Crippen LogP contribution in [0.3, 0.4) is 0 Å². The SMILES string of the molecule is CC(C)c1ncnc(C(C)C)c1-n1c(=O)nc(N2C[C@@H](C)N(C(=O)OC(C)(C)C)C[C@@H]2C)c2cc(F)c(Cl)nc21. The number of pyridine rings is 1. The molecule has 4 rings (SSSR count). The molecule has 0 radical (unpaired) electrons. The van der Waals surface area contributed by atoms with Gasteiger partial charge in [-0.05, 0) is 52.5 Å². The van der Waals surface area contributed by atoms with Crippen LogP contribution in [0.5, 0.6) is 0 Å². The maximum absolute atomic E-state index is 14.9. The van der Waals surface area contributed by atoms with Gasteiger partial charge in [0.05, 0.1) is 22.5 Å². The van der Waals surface area contributed by atoms with Gasteiger partial charge in [0, 0.05) is 25.2 Å². The molecular formula is C28H37ClFN7O3. The summed E-state index contributed by atoms with van der Waals surface area (Å²) < 4.78 is 21.9. The number of hydrogen-bond donors (Lipinski definition) is 0. The van der Waals surface area contributed by atoms with Crippen LogP contribution in [0.15, 0.2) is 17.2 Å². The van der Waals surface area contributed by atoms with Gasteiger partial charge < -0.3 is 14.5 Å². The van der Waals surface area contributed by atoms with Gasteiger partial charge in [-0.15, -0.1) is 0 Å². The Labute approximate surface area is 238 Å². The molecule has 2 atom stereocenters. The predicted octanol–water partition coefficient (Wildman–Crippen LogP) is 5.44. The van der Waals surface area contributed by atoms with Gasteiger partial charge in [-0.3, -0.25) is 0 Å². The van der Waals surface area contributed by atoms with Crippen molar-refractivity contribution in [3.05, 3.63) is 45.2 Å². The van der Waals surface area contributed by atoms with Gasteiger partial charge in [-0.25, -0.2) is 33.5 Å². The number of carbonyl (C=O) groups excluding carboxylic acids is 1. The third kappa shape index (κ3) is 5.61. The third-order valence-corrected chi connectivity index (χ3v) is 7.11. The number of carbonyl (C=O) groups is 1. The topological polar surface area (TPSA) is 106 Å². The summed E-state index contributed by atoms with van der Waals surface area (Å²) in [5.74, 6) is -0.547. The molecular weight excluding hydrogens is 537 g/mol. The van der Waals surface area contributed by atoms with E-state index >= 15 is 0 Å². The van der Waals surface area contributed by atoms with Crippen LogP contribution in [-0.4, -0.2) is 66.3 Å². The number of nitrogens with zero attached hydrogens (tertiary/aromatic N) is 7. The number of fused-ring (bicyclic) bond motifs is 1. The molecule has 0 spiro atoms. The number of piperazine rings is 1. The van der Waals surface area contributed by atoms with Crippen molar-refractivity contribution in [2.24, 2.45) is 0 Å². The van der Waals surface area contributed by atoms with Crippen LogP contribution in [-0.2, 0) is 4.74 Å². The minimum absolute atomic E-state index is 0.0464. The highest BCUT2D eigenvalue weighted by Crippen LogP contribution is 2.34. The molecule has 0 aliphatic carbocycles. The average Bonchev–Trinajstić information content (AvgIpc) is 2.84. The zero-order valence-electron chi connectivity index (χ0n) is 24.5. The van der Waals surface area contributed by atoms with Gasteiger partial charge in [0.2, 0.25) is 0 Å². The first-order valence-corrected chi connectivity index (χ1v) is 13.9. The quantitative estimate of drug-likeness (QED) is 0.380. The Morgan fingerprint density at radius 2 is 1.65 bits per heavy atom. The van der Waals surface area contributed by atoms with E-state index < -0.39 is 23.2 Å². The number of anilines is 1. The Kier molecular flexibility index (Phi) is 8.08. The van der Waals surface area contributed by atoms with E-state index in [2.05, 4.69) is 19.9 Å². The maximum atomic E-state index is 14.9. The van der Waals surface area contributed by atoms with E-state index in [1.54, 1.807) is 4.90 Å². The van der Waals surface area contributed by atoms with Crippen molar-refractivity contribution in [1.29, 1.82) is 0 Å². The minimum atomic E-state index is -0.729. The first-order valence-electron chi connectivity index (χ1n) is 13.5. The standard InChI is InChI=1S/C28H37ClFN7O3/c1-14(2)20-22(21(15(3)4)32-13-31-20)37-25-18(10-19(30)23(29)33-25)24(34-26(37)38)35-11-17(6)36(12-16(35)5)27(39)40-28(7,8)9/h10,13-17H,11-12H2,1-9H3/t16-,17+/m0/s1. The van der Waals surface area contributed by atoms with Crippen molar-refractivity contribution < 1.29 is 13.9 Å². The molecule has 1 amide bonds. The molecule has 216 valence electrons. The first-order chi connectivity index (χ1) is 18.6. The lowest BCUT2D eigenvalue weighted by molar-refractivity contribution is 0.0130. The molecule has 1 saturated heterocycles. The van der Waals surface area contributed by atoms with E-state index in [0.717, 1.165) is 0 Å². The fourth-order valence-electron chi connectivity index (χ4n) is 4.98. The number of hydrogen-bond acceptors (Lipinski definition) is 8. The van der Waals surface area contributed by atoms with Gasteiger partial charge in [0.1, 0.15) is 17.7 Å². The van der Waals surface area contributed by atoms with E-state index in [4.69, 9.17) is 16.3 Å². The van der Waals surface area contributed by atoms with Crippen molar-refractivity contribution in [1.82, 2.24) is 29.4 Å². The molecule has 1 fully saturated rings. The molecule has 1 aliphatic rings. The summed E-state index contributed by atoms with van der Waals surface area (Å²) in [7, 11) is 0. The normalized spacial score (nSPS) is 18.2. The zero-order valence-corrected chi connectivity index (χ0v) is 25.2. The smallest absolute Gasteiger partial charge is 0.410 e. The molecule has 3 aromatic rings. The maximum Gasteiger partial charge on any atom is 0.410 e. The average molecular weight is 574 g/mol. The Hall–Kier alpha value is -3.34. The van der Waals surface area contributed by atoms with Crippen LogP contribution in [0, 0.1) is 5.82 Å². The lowest BCUT2D eigenvalue weighted by atomic mass is 10.0. The van der Waals surface area contributed by atoms with Gasteiger partial charge in [-0.2, -0.15) is 4.98 Å². The largest absolute Gasteiger partial charge is 0.444 e.